The van der Waals surface area contributed by atoms with E-state index in [9.17, 15) is 0 Å². The summed E-state index contributed by atoms with van der Waals surface area (Å²) in [7, 11) is -1.51. The van der Waals surface area contributed by atoms with Gasteiger partial charge in [-0.1, -0.05) is 5.70 Å². The Morgan fingerprint density at radius 3 is 2.14 bits per heavy atom. The van der Waals surface area contributed by atoms with E-state index in [-0.39, 0.29) is 0 Å². The highest BCUT2D eigenvalue weighted by molar-refractivity contribution is 6.76. The Morgan fingerprint density at radius 2 is 1.71 bits per heavy atom. The first-order valence-corrected chi connectivity index (χ1v) is 8.88. The third kappa shape index (κ3) is 1.96. The van der Waals surface area contributed by atoms with Crippen molar-refractivity contribution >= 4 is 8.32 Å². The molecule has 2 bridgehead atoms. The van der Waals surface area contributed by atoms with Crippen LogP contribution in [0.5, 0.6) is 0 Å². The van der Waals surface area contributed by atoms with Gasteiger partial charge in [-0.3, -0.25) is 0 Å². The van der Waals surface area contributed by atoms with Crippen LogP contribution >= 0.6 is 0 Å². The molecule has 0 amide bonds. The first-order valence-electron chi connectivity index (χ1n) is 5.90. The van der Waals surface area contributed by atoms with Crippen LogP contribution in [0.15, 0.2) is 12.3 Å². The minimum Gasteiger partial charge on any atom is -0.413 e. The summed E-state index contributed by atoms with van der Waals surface area (Å²) in [5, 5.41) is 0. The quantitative estimate of drug-likeness (QED) is 0.646. The van der Waals surface area contributed by atoms with Crippen molar-refractivity contribution in [1.29, 1.82) is 0 Å². The third-order valence-electron chi connectivity index (χ3n) is 4.17. The van der Waals surface area contributed by atoms with Crippen molar-refractivity contribution in [3.63, 3.8) is 0 Å². The standard InChI is InChI=1S/C12H22OSi/c1-4-14(2,3)13-9-12-10-5-6-11(12)8-7-10/h4,10-12H,1,5-9H2,2-3H3. The predicted molar refractivity (Wildman–Crippen MR) is 62.6 cm³/mol. The molecular weight excluding hydrogens is 188 g/mol. The van der Waals surface area contributed by atoms with Gasteiger partial charge in [-0.25, -0.2) is 0 Å². The maximum atomic E-state index is 6.06. The zero-order valence-corrected chi connectivity index (χ0v) is 10.5. The molecule has 0 aliphatic heterocycles. The Morgan fingerprint density at radius 1 is 1.21 bits per heavy atom. The van der Waals surface area contributed by atoms with Crippen molar-refractivity contribution < 1.29 is 4.43 Å². The van der Waals surface area contributed by atoms with Crippen LogP contribution < -0.4 is 0 Å². The van der Waals surface area contributed by atoms with Gasteiger partial charge in [-0.2, -0.15) is 0 Å². The van der Waals surface area contributed by atoms with E-state index in [0.29, 0.717) is 0 Å². The third-order valence-corrected chi connectivity index (χ3v) is 6.06. The number of fused-ring (bicyclic) bond motifs is 2. The molecule has 2 aliphatic carbocycles. The van der Waals surface area contributed by atoms with Gasteiger partial charge in [0.25, 0.3) is 0 Å². The maximum absolute atomic E-state index is 6.06. The number of hydrogen-bond acceptors (Lipinski definition) is 1. The molecule has 0 saturated heterocycles. The minimum absolute atomic E-state index is 0.890. The van der Waals surface area contributed by atoms with Crippen LogP contribution in [0.2, 0.25) is 13.1 Å². The van der Waals surface area contributed by atoms with E-state index >= 15 is 0 Å². The smallest absolute Gasteiger partial charge is 0.210 e. The van der Waals surface area contributed by atoms with Crippen molar-refractivity contribution in [2.45, 2.75) is 38.8 Å². The summed E-state index contributed by atoms with van der Waals surface area (Å²) in [5.41, 5.74) is 2.05. The molecule has 0 unspecified atom stereocenters. The van der Waals surface area contributed by atoms with E-state index < -0.39 is 8.32 Å². The lowest BCUT2D eigenvalue weighted by Crippen LogP contribution is -2.31. The number of rotatable bonds is 4. The Hall–Kier alpha value is -0.0831. The summed E-state index contributed by atoms with van der Waals surface area (Å²) < 4.78 is 6.06. The molecule has 80 valence electrons. The van der Waals surface area contributed by atoms with Crippen LogP contribution in [-0.2, 0) is 4.43 Å². The molecule has 0 spiro atoms. The second-order valence-corrected chi connectivity index (χ2v) is 9.36. The van der Waals surface area contributed by atoms with Crippen molar-refractivity contribution in [2.24, 2.45) is 17.8 Å². The molecule has 0 heterocycles. The van der Waals surface area contributed by atoms with Gasteiger partial charge in [0.1, 0.15) is 0 Å². The molecule has 0 radical (unpaired) electrons. The van der Waals surface area contributed by atoms with Crippen LogP contribution in [0.4, 0.5) is 0 Å². The van der Waals surface area contributed by atoms with Crippen LogP contribution in [0, 0.1) is 17.8 Å². The fourth-order valence-electron chi connectivity index (χ4n) is 3.03. The van der Waals surface area contributed by atoms with E-state index in [1.807, 2.05) is 5.70 Å². The largest absolute Gasteiger partial charge is 0.413 e. The lowest BCUT2D eigenvalue weighted by atomic mass is 9.99. The fraction of sp³-hybridized carbons (Fsp3) is 0.833. The lowest BCUT2D eigenvalue weighted by molar-refractivity contribution is 0.209. The number of hydrogen-bond donors (Lipinski definition) is 0. The predicted octanol–water partition coefficient (Wildman–Crippen LogP) is 3.37. The summed E-state index contributed by atoms with van der Waals surface area (Å²) in [5.74, 6) is 2.88. The van der Waals surface area contributed by atoms with Crippen LogP contribution in [0.1, 0.15) is 25.7 Å². The first kappa shape index (κ1) is 10.4. The maximum Gasteiger partial charge on any atom is 0.210 e. The second kappa shape index (κ2) is 3.82. The Labute approximate surface area is 88.7 Å². The molecule has 14 heavy (non-hydrogen) atoms. The summed E-state index contributed by atoms with van der Waals surface area (Å²) in [6.07, 6.45) is 5.87. The molecule has 0 aromatic rings. The monoisotopic (exact) mass is 210 g/mol. The molecule has 2 saturated carbocycles. The molecular formula is C12H22OSi. The highest BCUT2D eigenvalue weighted by Crippen LogP contribution is 2.49. The first-order chi connectivity index (χ1) is 6.62. The molecule has 0 aromatic heterocycles. The van der Waals surface area contributed by atoms with Gasteiger partial charge in [0.15, 0.2) is 0 Å². The van der Waals surface area contributed by atoms with Gasteiger partial charge in [-0.05, 0) is 56.5 Å². The normalized spacial score (nSPS) is 36.3. The van der Waals surface area contributed by atoms with Crippen molar-refractivity contribution in [2.75, 3.05) is 6.61 Å². The second-order valence-electron chi connectivity index (χ2n) is 5.46. The van der Waals surface area contributed by atoms with E-state index in [0.717, 1.165) is 24.4 Å². The van der Waals surface area contributed by atoms with E-state index in [2.05, 4.69) is 19.7 Å². The fourth-order valence-corrected chi connectivity index (χ4v) is 3.77. The molecule has 2 aliphatic rings. The Kier molecular flexibility index (Phi) is 2.85. The van der Waals surface area contributed by atoms with E-state index in [4.69, 9.17) is 4.43 Å². The lowest BCUT2D eigenvalue weighted by Gasteiger charge is -2.23. The Balaban J connectivity index is 1.84. The average Bonchev–Trinajstić information content (AvgIpc) is 2.74. The molecule has 2 rings (SSSR count). The molecule has 2 fully saturated rings. The molecule has 0 N–H and O–H groups in total. The molecule has 2 heteroatoms. The van der Waals surface area contributed by atoms with Gasteiger partial charge in [0.05, 0.1) is 0 Å². The highest BCUT2D eigenvalue weighted by atomic mass is 28.4. The van der Waals surface area contributed by atoms with Gasteiger partial charge in [0.2, 0.25) is 8.32 Å². The van der Waals surface area contributed by atoms with Crippen LogP contribution in [0.3, 0.4) is 0 Å². The van der Waals surface area contributed by atoms with Crippen molar-refractivity contribution in [3.05, 3.63) is 12.3 Å². The summed E-state index contributed by atoms with van der Waals surface area (Å²) in [6.45, 7) is 9.35. The van der Waals surface area contributed by atoms with E-state index in [1.165, 1.54) is 25.7 Å². The summed E-state index contributed by atoms with van der Waals surface area (Å²) in [6, 6.07) is 0. The SMILES string of the molecule is C=C[Si](C)(C)OCC1C2CCC1CC2. The van der Waals surface area contributed by atoms with Gasteiger partial charge in [0, 0.05) is 6.61 Å². The van der Waals surface area contributed by atoms with Crippen molar-refractivity contribution in [1.82, 2.24) is 0 Å². The van der Waals surface area contributed by atoms with Crippen LogP contribution in [0.25, 0.3) is 0 Å². The molecule has 0 aromatic carbocycles. The Bertz CT molecular complexity index is 204. The average molecular weight is 210 g/mol. The van der Waals surface area contributed by atoms with Crippen molar-refractivity contribution in [3.8, 4) is 0 Å². The van der Waals surface area contributed by atoms with Gasteiger partial charge < -0.3 is 4.43 Å². The summed E-state index contributed by atoms with van der Waals surface area (Å²) in [4.78, 5) is 0. The van der Waals surface area contributed by atoms with Crippen LogP contribution in [-0.4, -0.2) is 14.9 Å². The molecule has 0 atom stereocenters. The van der Waals surface area contributed by atoms with Gasteiger partial charge in [-0.15, -0.1) is 6.58 Å². The minimum atomic E-state index is -1.51. The topological polar surface area (TPSA) is 9.23 Å². The summed E-state index contributed by atoms with van der Waals surface area (Å²) >= 11 is 0. The molecule has 1 nitrogen and oxygen atoms in total. The highest BCUT2D eigenvalue weighted by Gasteiger charge is 2.41. The van der Waals surface area contributed by atoms with Gasteiger partial charge >= 0.3 is 0 Å². The zero-order valence-electron chi connectivity index (χ0n) is 9.46. The van der Waals surface area contributed by atoms with E-state index in [1.54, 1.807) is 0 Å². The zero-order chi connectivity index (χ0) is 10.2.